The van der Waals surface area contributed by atoms with E-state index in [0.29, 0.717) is 17.4 Å². The quantitative estimate of drug-likeness (QED) is 0.744. The maximum atomic E-state index is 13.0. The number of fused-ring (bicyclic) bond motifs is 2. The Morgan fingerprint density at radius 1 is 1.07 bits per heavy atom. The fraction of sp³-hybridized carbons (Fsp3) is 0.636. The van der Waals surface area contributed by atoms with E-state index in [4.69, 9.17) is 5.73 Å². The predicted molar refractivity (Wildman–Crippen MR) is 107 cm³/mol. The first-order valence-electron chi connectivity index (χ1n) is 10.3. The first kappa shape index (κ1) is 19.9. The average molecular weight is 372 g/mol. The minimum Gasteiger partial charge on any atom is -0.351 e. The highest BCUT2D eigenvalue weighted by Gasteiger charge is 2.41. The van der Waals surface area contributed by atoms with E-state index in [1.807, 2.05) is 32.9 Å². The Balaban J connectivity index is 1.66. The predicted octanol–water partition coefficient (Wildman–Crippen LogP) is 2.77. The Bertz CT molecular complexity index is 657. The van der Waals surface area contributed by atoms with Crippen LogP contribution in [0.2, 0.25) is 0 Å². The maximum Gasteiger partial charge on any atom is 0.251 e. The summed E-state index contributed by atoms with van der Waals surface area (Å²) in [6.07, 6.45) is 5.48. The first-order chi connectivity index (χ1) is 12.8. The first-order valence-corrected chi connectivity index (χ1v) is 10.3. The number of nitrogens with one attached hydrogen (secondary N) is 2. The van der Waals surface area contributed by atoms with Gasteiger partial charge in [-0.1, -0.05) is 38.0 Å². The van der Waals surface area contributed by atoms with E-state index in [0.717, 1.165) is 31.2 Å². The van der Waals surface area contributed by atoms with Gasteiger partial charge < -0.3 is 16.4 Å². The third-order valence-electron chi connectivity index (χ3n) is 6.23. The molecule has 0 heterocycles. The van der Waals surface area contributed by atoms with Crippen molar-refractivity contribution < 1.29 is 9.59 Å². The Kier molecular flexibility index (Phi) is 6.20. The number of hydrogen-bond acceptors (Lipinski definition) is 3. The van der Waals surface area contributed by atoms with Crippen LogP contribution in [0, 0.1) is 24.7 Å². The summed E-state index contributed by atoms with van der Waals surface area (Å²) in [6.45, 7) is 5.92. The summed E-state index contributed by atoms with van der Waals surface area (Å²) in [7, 11) is 0. The molecule has 148 valence electrons. The SMILES string of the molecule is Cc1ccc(C(=O)NC(C(=O)NC2C3CCCC2CC(N)C3)C(C)C)cc1. The molecule has 2 aliphatic carbocycles. The highest BCUT2D eigenvalue weighted by Crippen LogP contribution is 2.39. The lowest BCUT2D eigenvalue weighted by molar-refractivity contribution is -0.126. The van der Waals surface area contributed by atoms with Crippen LogP contribution in [0.15, 0.2) is 24.3 Å². The van der Waals surface area contributed by atoms with E-state index >= 15 is 0 Å². The van der Waals surface area contributed by atoms with E-state index < -0.39 is 6.04 Å². The van der Waals surface area contributed by atoms with Crippen LogP contribution in [-0.4, -0.2) is 29.9 Å². The van der Waals surface area contributed by atoms with Gasteiger partial charge in [-0.25, -0.2) is 0 Å². The highest BCUT2D eigenvalue weighted by atomic mass is 16.2. The van der Waals surface area contributed by atoms with E-state index in [1.165, 1.54) is 6.42 Å². The van der Waals surface area contributed by atoms with Gasteiger partial charge in [0.2, 0.25) is 5.91 Å². The van der Waals surface area contributed by atoms with Gasteiger partial charge in [-0.15, -0.1) is 0 Å². The summed E-state index contributed by atoms with van der Waals surface area (Å²) in [5, 5.41) is 6.22. The molecule has 1 aromatic carbocycles. The number of rotatable bonds is 5. The second kappa shape index (κ2) is 8.42. The molecule has 27 heavy (non-hydrogen) atoms. The van der Waals surface area contributed by atoms with Gasteiger partial charge in [0, 0.05) is 17.6 Å². The molecule has 0 radical (unpaired) electrons. The van der Waals surface area contributed by atoms with Crippen molar-refractivity contribution in [2.45, 2.75) is 71.0 Å². The van der Waals surface area contributed by atoms with Gasteiger partial charge in [0.25, 0.3) is 5.91 Å². The van der Waals surface area contributed by atoms with E-state index in [2.05, 4.69) is 10.6 Å². The molecule has 4 N–H and O–H groups in total. The molecule has 0 spiro atoms. The lowest BCUT2D eigenvalue weighted by atomic mass is 9.67. The smallest absolute Gasteiger partial charge is 0.251 e. The zero-order chi connectivity index (χ0) is 19.6. The van der Waals surface area contributed by atoms with Crippen LogP contribution in [-0.2, 0) is 4.79 Å². The molecule has 2 bridgehead atoms. The number of benzene rings is 1. The molecule has 1 aromatic rings. The summed E-state index contributed by atoms with van der Waals surface area (Å²) >= 11 is 0. The van der Waals surface area contributed by atoms with Crippen molar-refractivity contribution in [2.75, 3.05) is 0 Å². The van der Waals surface area contributed by atoms with Crippen molar-refractivity contribution >= 4 is 11.8 Å². The van der Waals surface area contributed by atoms with Crippen LogP contribution in [0.5, 0.6) is 0 Å². The van der Waals surface area contributed by atoms with Crippen molar-refractivity contribution in [1.82, 2.24) is 10.6 Å². The lowest BCUT2D eigenvalue weighted by Gasteiger charge is -2.45. The molecule has 0 aliphatic heterocycles. The van der Waals surface area contributed by atoms with Crippen LogP contribution in [0.3, 0.4) is 0 Å². The van der Waals surface area contributed by atoms with E-state index in [1.54, 1.807) is 12.1 Å². The molecule has 3 unspecified atom stereocenters. The Hall–Kier alpha value is -1.88. The number of nitrogens with two attached hydrogens (primary N) is 1. The standard InChI is InChI=1S/C22H33N3O2/c1-13(2)19(24-21(26)15-9-7-14(3)8-10-15)22(27)25-20-16-5-4-6-17(20)12-18(23)11-16/h7-10,13,16-20H,4-6,11-12,23H2,1-3H3,(H,24,26)(H,25,27). The van der Waals surface area contributed by atoms with Crippen LogP contribution < -0.4 is 16.4 Å². The number of carbonyl (C=O) groups excluding carboxylic acids is 2. The summed E-state index contributed by atoms with van der Waals surface area (Å²) < 4.78 is 0. The van der Waals surface area contributed by atoms with Gasteiger partial charge in [-0.05, 0) is 62.5 Å². The number of hydrogen-bond donors (Lipinski definition) is 3. The molecule has 2 aliphatic rings. The van der Waals surface area contributed by atoms with Crippen molar-refractivity contribution in [3.05, 3.63) is 35.4 Å². The minimum absolute atomic E-state index is 0.0186. The monoisotopic (exact) mass is 371 g/mol. The van der Waals surface area contributed by atoms with Gasteiger partial charge in [0.05, 0.1) is 0 Å². The molecule has 0 saturated heterocycles. The number of carbonyl (C=O) groups is 2. The van der Waals surface area contributed by atoms with E-state index in [9.17, 15) is 9.59 Å². The zero-order valence-electron chi connectivity index (χ0n) is 16.7. The van der Waals surface area contributed by atoms with Crippen molar-refractivity contribution in [3.63, 3.8) is 0 Å². The Morgan fingerprint density at radius 3 is 2.22 bits per heavy atom. The molecule has 3 atom stereocenters. The topological polar surface area (TPSA) is 84.2 Å². The summed E-state index contributed by atoms with van der Waals surface area (Å²) in [5.41, 5.74) is 7.88. The molecular formula is C22H33N3O2. The largest absolute Gasteiger partial charge is 0.351 e. The van der Waals surface area contributed by atoms with Gasteiger partial charge in [0.15, 0.2) is 0 Å². The fourth-order valence-corrected chi connectivity index (χ4v) is 4.74. The lowest BCUT2D eigenvalue weighted by Crippen LogP contribution is -2.58. The summed E-state index contributed by atoms with van der Waals surface area (Å²) in [4.78, 5) is 25.6. The van der Waals surface area contributed by atoms with Crippen LogP contribution in [0.4, 0.5) is 0 Å². The number of amides is 2. The Labute approximate surface area is 162 Å². The third-order valence-corrected chi connectivity index (χ3v) is 6.23. The average Bonchev–Trinajstić information content (AvgIpc) is 2.60. The molecule has 5 nitrogen and oxygen atoms in total. The Morgan fingerprint density at radius 2 is 1.67 bits per heavy atom. The van der Waals surface area contributed by atoms with Crippen molar-refractivity contribution in [3.8, 4) is 0 Å². The van der Waals surface area contributed by atoms with Crippen LogP contribution in [0.25, 0.3) is 0 Å². The minimum atomic E-state index is -0.532. The van der Waals surface area contributed by atoms with Crippen molar-refractivity contribution in [2.24, 2.45) is 23.5 Å². The van der Waals surface area contributed by atoms with E-state index in [-0.39, 0.29) is 29.8 Å². The second-order valence-corrected chi connectivity index (χ2v) is 8.78. The van der Waals surface area contributed by atoms with Crippen LogP contribution in [0.1, 0.15) is 61.9 Å². The molecule has 2 fully saturated rings. The van der Waals surface area contributed by atoms with Gasteiger partial charge in [-0.2, -0.15) is 0 Å². The molecule has 2 saturated carbocycles. The third kappa shape index (κ3) is 4.70. The fourth-order valence-electron chi connectivity index (χ4n) is 4.74. The van der Waals surface area contributed by atoms with Crippen molar-refractivity contribution in [1.29, 1.82) is 0 Å². The maximum absolute atomic E-state index is 13.0. The molecule has 0 aromatic heterocycles. The van der Waals surface area contributed by atoms with Gasteiger partial charge in [-0.3, -0.25) is 9.59 Å². The molecule has 2 amide bonds. The zero-order valence-corrected chi connectivity index (χ0v) is 16.7. The molecule has 3 rings (SSSR count). The van der Waals surface area contributed by atoms with Gasteiger partial charge in [0.1, 0.15) is 6.04 Å². The summed E-state index contributed by atoms with van der Waals surface area (Å²) in [6, 6.07) is 7.34. The number of aryl methyl sites for hydroxylation is 1. The summed E-state index contributed by atoms with van der Waals surface area (Å²) in [5.74, 6) is 0.691. The normalized spacial score (nSPS) is 28.5. The van der Waals surface area contributed by atoms with Crippen LogP contribution >= 0.6 is 0 Å². The highest BCUT2D eigenvalue weighted by molar-refractivity contribution is 5.97. The van der Waals surface area contributed by atoms with Gasteiger partial charge >= 0.3 is 0 Å². The second-order valence-electron chi connectivity index (χ2n) is 8.78. The molecular weight excluding hydrogens is 338 g/mol. The molecule has 5 heteroatoms.